The predicted octanol–water partition coefficient (Wildman–Crippen LogP) is 3.96. The van der Waals surface area contributed by atoms with E-state index in [2.05, 4.69) is 68.8 Å². The molecule has 7 rings (SSSR count). The summed E-state index contributed by atoms with van der Waals surface area (Å²) in [5, 5.41) is 12.5. The van der Waals surface area contributed by atoms with Crippen LogP contribution in [0.4, 0.5) is 11.5 Å². The molecule has 0 radical (unpaired) electrons. The van der Waals surface area contributed by atoms with Gasteiger partial charge in [0.15, 0.2) is 0 Å². The first-order valence-corrected chi connectivity index (χ1v) is 17.0. The topological polar surface area (TPSA) is 92.1 Å². The van der Waals surface area contributed by atoms with Crippen molar-refractivity contribution in [2.75, 3.05) is 75.8 Å². The molecule has 2 aromatic carbocycles. The summed E-state index contributed by atoms with van der Waals surface area (Å²) in [5.74, 6) is 5.99. The fourth-order valence-corrected chi connectivity index (χ4v) is 7.69. The van der Waals surface area contributed by atoms with Crippen LogP contribution < -0.4 is 14.5 Å². The minimum atomic E-state index is -0.276. The molecule has 47 heavy (non-hydrogen) atoms. The Balaban J connectivity index is 1.20. The average Bonchev–Trinajstić information content (AvgIpc) is 3.88. The largest absolute Gasteiger partial charge is 0.461 e. The van der Waals surface area contributed by atoms with E-state index < -0.39 is 0 Å². The molecule has 0 N–H and O–H groups in total. The Morgan fingerprint density at radius 3 is 2.57 bits per heavy atom. The van der Waals surface area contributed by atoms with E-state index in [1.165, 1.54) is 0 Å². The van der Waals surface area contributed by atoms with Crippen molar-refractivity contribution >= 4 is 39.8 Å². The second-order valence-corrected chi connectivity index (χ2v) is 13.6. The van der Waals surface area contributed by atoms with E-state index >= 15 is 0 Å². The summed E-state index contributed by atoms with van der Waals surface area (Å²) in [6, 6.07) is 14.7. The molecular weight excluding hydrogens is 612 g/mol. The maximum Gasteiger partial charge on any atom is 0.318 e. The fraction of sp³-hybridized carbons (Fsp3) is 0.500. The van der Waals surface area contributed by atoms with Gasteiger partial charge in [0.05, 0.1) is 41.3 Å². The van der Waals surface area contributed by atoms with Crippen LogP contribution in [0.1, 0.15) is 37.4 Å². The number of anilines is 2. The minimum absolute atomic E-state index is 0.0522. The maximum atomic E-state index is 12.8. The molecule has 1 saturated carbocycles. The third-order valence-electron chi connectivity index (χ3n) is 10.3. The summed E-state index contributed by atoms with van der Waals surface area (Å²) in [5.41, 5.74) is 3.18. The Kier molecular flexibility index (Phi) is 8.85. The Morgan fingerprint density at radius 1 is 1.04 bits per heavy atom. The van der Waals surface area contributed by atoms with Gasteiger partial charge in [-0.1, -0.05) is 41.8 Å². The Hall–Kier alpha value is -4.09. The van der Waals surface area contributed by atoms with E-state index in [9.17, 15) is 10.1 Å². The van der Waals surface area contributed by atoms with Gasteiger partial charge < -0.3 is 24.3 Å². The molecule has 4 heterocycles. The van der Waals surface area contributed by atoms with Crippen molar-refractivity contribution in [2.45, 2.75) is 50.7 Å². The van der Waals surface area contributed by atoms with Crippen LogP contribution in [-0.4, -0.2) is 108 Å². The van der Waals surface area contributed by atoms with E-state index in [4.69, 9.17) is 26.3 Å². The number of ether oxygens (including phenoxy) is 1. The summed E-state index contributed by atoms with van der Waals surface area (Å²) in [4.78, 5) is 34.2. The van der Waals surface area contributed by atoms with E-state index in [0.29, 0.717) is 38.8 Å². The summed E-state index contributed by atoms with van der Waals surface area (Å²) >= 11 is 6.74. The number of nitrogens with zero attached hydrogens (tertiary/aromatic N) is 8. The zero-order valence-corrected chi connectivity index (χ0v) is 28.0. The third kappa shape index (κ3) is 6.30. The first-order chi connectivity index (χ1) is 22.9. The van der Waals surface area contributed by atoms with Gasteiger partial charge in [-0.15, -0.1) is 0 Å². The monoisotopic (exact) mass is 652 g/mol. The van der Waals surface area contributed by atoms with Gasteiger partial charge in [0.1, 0.15) is 12.4 Å². The fourth-order valence-electron chi connectivity index (χ4n) is 7.41. The highest BCUT2D eigenvalue weighted by molar-refractivity contribution is 6.36. The van der Waals surface area contributed by atoms with E-state index in [1.54, 1.807) is 11.8 Å². The SMILES string of the molecule is CC#CC(=O)N1CCN(c2nc(OCC3(N4CCN(C)CC4)CC3)nc3c2CCN(c2cccc4cccc(Cl)c24)C3)C[C@@H]1CC#N. The van der Waals surface area contributed by atoms with Gasteiger partial charge in [0.25, 0.3) is 5.91 Å². The number of carbonyl (C=O) groups is 1. The number of hydrogen-bond acceptors (Lipinski definition) is 9. The van der Waals surface area contributed by atoms with Crippen molar-refractivity contribution in [3.63, 3.8) is 0 Å². The molecule has 1 aliphatic carbocycles. The van der Waals surface area contributed by atoms with Crippen LogP contribution in [0.2, 0.25) is 5.02 Å². The first-order valence-electron chi connectivity index (χ1n) is 16.6. The molecule has 10 nitrogen and oxygen atoms in total. The third-order valence-corrected chi connectivity index (χ3v) is 10.6. The molecule has 0 unspecified atom stereocenters. The number of benzene rings is 2. The lowest BCUT2D eigenvalue weighted by Gasteiger charge is -2.42. The molecule has 3 aromatic rings. The maximum absolute atomic E-state index is 12.8. The Bertz CT molecular complexity index is 1760. The summed E-state index contributed by atoms with van der Waals surface area (Å²) < 4.78 is 6.53. The number of amides is 1. The molecule has 0 bridgehead atoms. The quantitative estimate of drug-likeness (QED) is 0.352. The van der Waals surface area contributed by atoms with Crippen LogP contribution in [-0.2, 0) is 17.8 Å². The number of rotatable bonds is 7. The number of aromatic nitrogens is 2. The first kappa shape index (κ1) is 31.5. The molecule has 11 heteroatoms. The van der Waals surface area contributed by atoms with Gasteiger partial charge in [-0.05, 0) is 56.7 Å². The number of carbonyl (C=O) groups excluding carboxylic acids is 1. The average molecular weight is 653 g/mol. The van der Waals surface area contributed by atoms with Crippen LogP contribution in [0, 0.1) is 23.2 Å². The van der Waals surface area contributed by atoms with E-state index in [-0.39, 0.29) is 23.9 Å². The van der Waals surface area contributed by atoms with Crippen molar-refractivity contribution < 1.29 is 9.53 Å². The van der Waals surface area contributed by atoms with E-state index in [1.807, 2.05) is 12.1 Å². The van der Waals surface area contributed by atoms with Crippen LogP contribution in [0.15, 0.2) is 36.4 Å². The molecule has 0 spiro atoms. The van der Waals surface area contributed by atoms with Crippen molar-refractivity contribution in [1.29, 1.82) is 5.26 Å². The lowest BCUT2D eigenvalue weighted by Crippen LogP contribution is -2.55. The smallest absolute Gasteiger partial charge is 0.318 e. The number of halogens is 1. The van der Waals surface area contributed by atoms with Crippen molar-refractivity contribution in [2.24, 2.45) is 0 Å². The van der Waals surface area contributed by atoms with Crippen LogP contribution in [0.3, 0.4) is 0 Å². The van der Waals surface area contributed by atoms with Gasteiger partial charge in [-0.2, -0.15) is 15.2 Å². The van der Waals surface area contributed by atoms with Crippen LogP contribution >= 0.6 is 11.6 Å². The highest BCUT2D eigenvalue weighted by Gasteiger charge is 2.49. The zero-order chi connectivity index (χ0) is 32.5. The van der Waals surface area contributed by atoms with Gasteiger partial charge in [0, 0.05) is 69.0 Å². The molecule has 4 aliphatic rings. The lowest BCUT2D eigenvalue weighted by molar-refractivity contribution is -0.127. The van der Waals surface area contributed by atoms with Gasteiger partial charge in [-0.25, -0.2) is 0 Å². The normalized spacial score (nSPS) is 21.1. The number of nitriles is 1. The van der Waals surface area contributed by atoms with Crippen LogP contribution in [0.5, 0.6) is 6.01 Å². The van der Waals surface area contributed by atoms with Crippen LogP contribution in [0.25, 0.3) is 10.8 Å². The highest BCUT2D eigenvalue weighted by atomic mass is 35.5. The zero-order valence-electron chi connectivity index (χ0n) is 27.2. The molecule has 3 aliphatic heterocycles. The molecule has 1 amide bonds. The highest BCUT2D eigenvalue weighted by Crippen LogP contribution is 2.43. The molecule has 244 valence electrons. The second-order valence-electron chi connectivity index (χ2n) is 13.2. The Labute approximate surface area is 281 Å². The molecular formula is C36H41ClN8O2. The van der Waals surface area contributed by atoms with Gasteiger partial charge >= 0.3 is 6.01 Å². The minimum Gasteiger partial charge on any atom is -0.461 e. The van der Waals surface area contributed by atoms with Crippen molar-refractivity contribution in [1.82, 2.24) is 24.7 Å². The van der Waals surface area contributed by atoms with Crippen molar-refractivity contribution in [3.8, 4) is 23.9 Å². The predicted molar refractivity (Wildman–Crippen MR) is 184 cm³/mol. The second kappa shape index (κ2) is 13.2. The van der Waals surface area contributed by atoms with Gasteiger partial charge in [-0.3, -0.25) is 9.69 Å². The summed E-state index contributed by atoms with van der Waals surface area (Å²) in [7, 11) is 2.18. The summed E-state index contributed by atoms with van der Waals surface area (Å²) in [6.45, 7) is 9.40. The number of fused-ring (bicyclic) bond motifs is 2. The Morgan fingerprint density at radius 2 is 1.83 bits per heavy atom. The molecule has 1 atom stereocenters. The number of likely N-dealkylation sites (N-methyl/N-ethyl adjacent to an activating group) is 1. The number of hydrogen-bond donors (Lipinski definition) is 0. The summed E-state index contributed by atoms with van der Waals surface area (Å²) in [6.07, 6.45) is 3.22. The molecule has 2 saturated heterocycles. The molecule has 3 fully saturated rings. The lowest BCUT2D eigenvalue weighted by atomic mass is 10.0. The standard InChI is InChI=1S/C36H41ClN8O2/c1-3-6-32(46)45-22-19-43(23-27(45)11-15-38)34-28-12-16-42(31-10-5-8-26-7-4-9-29(37)33(26)31)24-30(28)39-35(40-34)47-25-36(13-14-36)44-20-17-41(2)18-21-44/h4-5,7-10,27H,11-14,16-25H2,1-2H3/t27-/m0/s1. The molecule has 1 aromatic heterocycles. The van der Waals surface area contributed by atoms with Gasteiger partial charge in [0.2, 0.25) is 0 Å². The number of piperazine rings is 2. The van der Waals surface area contributed by atoms with Crippen molar-refractivity contribution in [3.05, 3.63) is 52.7 Å². The van der Waals surface area contributed by atoms with E-state index in [0.717, 1.165) is 90.5 Å².